The topological polar surface area (TPSA) is 39.9 Å². The highest BCUT2D eigenvalue weighted by atomic mass is 16.5. The minimum absolute atomic E-state index is 0.736. The van der Waals surface area contributed by atoms with Gasteiger partial charge in [-0.2, -0.15) is 5.10 Å². The lowest BCUT2D eigenvalue weighted by Crippen LogP contribution is -2.00. The third-order valence-electron chi connectivity index (χ3n) is 3.44. The van der Waals surface area contributed by atoms with Crippen molar-refractivity contribution in [3.8, 4) is 11.4 Å². The second-order valence-electron chi connectivity index (χ2n) is 4.55. The monoisotopic (exact) mass is 253 g/mol. The quantitative estimate of drug-likeness (QED) is 0.704. The molecule has 0 amide bonds. The predicted octanol–water partition coefficient (Wildman–Crippen LogP) is 3.05. The van der Waals surface area contributed by atoms with Crippen molar-refractivity contribution in [1.29, 1.82) is 0 Å². The average Bonchev–Trinajstić information content (AvgIpc) is 2.84. The molecule has 3 rings (SSSR count). The summed E-state index contributed by atoms with van der Waals surface area (Å²) < 4.78 is 7.14. The fraction of sp³-hybridized carbons (Fsp3) is 0.200. The van der Waals surface area contributed by atoms with Crippen molar-refractivity contribution < 1.29 is 4.74 Å². The van der Waals surface area contributed by atoms with Crippen molar-refractivity contribution in [1.82, 2.24) is 14.8 Å². The van der Waals surface area contributed by atoms with Gasteiger partial charge in [-0.3, -0.25) is 0 Å². The Bertz CT molecular complexity index is 746. The molecule has 1 aromatic carbocycles. The number of benzene rings is 1. The summed E-state index contributed by atoms with van der Waals surface area (Å²) in [6.07, 6.45) is 3.48. The molecule has 0 saturated carbocycles. The fourth-order valence-electron chi connectivity index (χ4n) is 2.16. The van der Waals surface area contributed by atoms with E-state index < -0.39 is 0 Å². The van der Waals surface area contributed by atoms with Crippen LogP contribution in [0.1, 0.15) is 11.1 Å². The van der Waals surface area contributed by atoms with Crippen LogP contribution in [-0.2, 0) is 0 Å². The highest BCUT2D eigenvalue weighted by Gasteiger charge is 2.10. The summed E-state index contributed by atoms with van der Waals surface area (Å²) >= 11 is 0. The molecular formula is C15H15N3O. The van der Waals surface area contributed by atoms with Crippen LogP contribution in [0.5, 0.6) is 5.75 Å². The lowest BCUT2D eigenvalue weighted by molar-refractivity contribution is 0.413. The summed E-state index contributed by atoms with van der Waals surface area (Å²) in [6.45, 7) is 4.20. The Hall–Kier alpha value is -2.36. The summed E-state index contributed by atoms with van der Waals surface area (Å²) in [6, 6.07) is 8.16. The van der Waals surface area contributed by atoms with Crippen LogP contribution in [0.2, 0.25) is 0 Å². The zero-order valence-electron chi connectivity index (χ0n) is 11.2. The van der Waals surface area contributed by atoms with Crippen molar-refractivity contribution in [2.24, 2.45) is 0 Å². The Labute approximate surface area is 111 Å². The van der Waals surface area contributed by atoms with Crippen LogP contribution in [0.4, 0.5) is 0 Å². The van der Waals surface area contributed by atoms with Crippen LogP contribution < -0.4 is 4.74 Å². The summed E-state index contributed by atoms with van der Waals surface area (Å²) in [5.74, 6) is 0.736. The molecule has 0 saturated heterocycles. The molecule has 19 heavy (non-hydrogen) atoms. The number of hydrogen-bond donors (Lipinski definition) is 0. The first-order valence-corrected chi connectivity index (χ1v) is 6.15. The van der Waals surface area contributed by atoms with E-state index in [1.54, 1.807) is 19.5 Å². The van der Waals surface area contributed by atoms with Gasteiger partial charge < -0.3 is 4.74 Å². The number of aromatic nitrogens is 3. The maximum absolute atomic E-state index is 5.23. The van der Waals surface area contributed by atoms with Crippen LogP contribution in [-0.4, -0.2) is 21.9 Å². The number of methoxy groups -OCH3 is 1. The van der Waals surface area contributed by atoms with Gasteiger partial charge in [-0.05, 0) is 31.0 Å². The number of fused-ring (bicyclic) bond motifs is 1. The minimum Gasteiger partial charge on any atom is -0.495 e. The first-order chi connectivity index (χ1) is 9.20. The summed E-state index contributed by atoms with van der Waals surface area (Å²) in [5.41, 5.74) is 5.35. The highest BCUT2D eigenvalue weighted by Crippen LogP contribution is 2.23. The van der Waals surface area contributed by atoms with E-state index in [0.29, 0.717) is 0 Å². The van der Waals surface area contributed by atoms with Crippen molar-refractivity contribution >= 4 is 11.0 Å². The fourth-order valence-corrected chi connectivity index (χ4v) is 2.16. The predicted molar refractivity (Wildman–Crippen MR) is 74.9 cm³/mol. The van der Waals surface area contributed by atoms with E-state index in [-0.39, 0.29) is 0 Å². The van der Waals surface area contributed by atoms with E-state index in [1.807, 2.05) is 16.8 Å². The van der Waals surface area contributed by atoms with Gasteiger partial charge in [-0.25, -0.2) is 9.67 Å². The third-order valence-corrected chi connectivity index (χ3v) is 3.44. The smallest absolute Gasteiger partial charge is 0.139 e. The number of rotatable bonds is 2. The van der Waals surface area contributed by atoms with Crippen LogP contribution >= 0.6 is 0 Å². The SMILES string of the molecule is COc1cnc2cnn(-c3cccc(C)c3C)c2c1. The van der Waals surface area contributed by atoms with Gasteiger partial charge in [-0.15, -0.1) is 0 Å². The molecule has 96 valence electrons. The zero-order chi connectivity index (χ0) is 13.4. The van der Waals surface area contributed by atoms with Crippen molar-refractivity contribution in [3.63, 3.8) is 0 Å². The van der Waals surface area contributed by atoms with Gasteiger partial charge in [0.1, 0.15) is 11.3 Å². The molecule has 4 heteroatoms. The van der Waals surface area contributed by atoms with Gasteiger partial charge in [0.25, 0.3) is 0 Å². The van der Waals surface area contributed by atoms with Gasteiger partial charge in [-0.1, -0.05) is 12.1 Å². The number of ether oxygens (including phenoxy) is 1. The van der Waals surface area contributed by atoms with E-state index in [4.69, 9.17) is 4.74 Å². The Morgan fingerprint density at radius 3 is 2.79 bits per heavy atom. The van der Waals surface area contributed by atoms with E-state index in [2.05, 4.69) is 36.1 Å². The molecule has 4 nitrogen and oxygen atoms in total. The largest absolute Gasteiger partial charge is 0.495 e. The van der Waals surface area contributed by atoms with Crippen LogP contribution in [0, 0.1) is 13.8 Å². The standard InChI is InChI=1S/C15H15N3O/c1-10-5-4-6-14(11(10)2)18-15-7-12(19-3)8-16-13(15)9-17-18/h4-9H,1-3H3. The second kappa shape index (κ2) is 4.39. The molecule has 0 spiro atoms. The number of aryl methyl sites for hydroxylation is 1. The van der Waals surface area contributed by atoms with Crippen LogP contribution in [0.25, 0.3) is 16.7 Å². The van der Waals surface area contributed by atoms with Crippen molar-refractivity contribution in [3.05, 3.63) is 47.8 Å². The van der Waals surface area contributed by atoms with E-state index in [1.165, 1.54) is 11.1 Å². The average molecular weight is 253 g/mol. The van der Waals surface area contributed by atoms with Gasteiger partial charge in [0.15, 0.2) is 0 Å². The van der Waals surface area contributed by atoms with E-state index in [9.17, 15) is 0 Å². The van der Waals surface area contributed by atoms with Gasteiger partial charge in [0.2, 0.25) is 0 Å². The molecule has 0 unspecified atom stereocenters. The first kappa shape index (κ1) is 11.7. The lowest BCUT2D eigenvalue weighted by atomic mass is 10.1. The normalized spacial score (nSPS) is 10.9. The Morgan fingerprint density at radius 2 is 2.00 bits per heavy atom. The minimum atomic E-state index is 0.736. The summed E-state index contributed by atoms with van der Waals surface area (Å²) in [5, 5.41) is 4.44. The lowest BCUT2D eigenvalue weighted by Gasteiger charge is -2.09. The van der Waals surface area contributed by atoms with Gasteiger partial charge in [0, 0.05) is 6.07 Å². The number of hydrogen-bond acceptors (Lipinski definition) is 3. The molecule has 0 radical (unpaired) electrons. The van der Waals surface area contributed by atoms with E-state index >= 15 is 0 Å². The molecule has 3 aromatic rings. The summed E-state index contributed by atoms with van der Waals surface area (Å²) in [4.78, 5) is 4.34. The second-order valence-corrected chi connectivity index (χ2v) is 4.55. The molecule has 0 N–H and O–H groups in total. The molecule has 0 aliphatic carbocycles. The summed E-state index contributed by atoms with van der Waals surface area (Å²) in [7, 11) is 1.64. The molecule has 0 fully saturated rings. The molecule has 0 atom stereocenters. The van der Waals surface area contributed by atoms with Crippen molar-refractivity contribution in [2.75, 3.05) is 7.11 Å². The Kier molecular flexibility index (Phi) is 2.71. The number of pyridine rings is 1. The molecule has 2 heterocycles. The van der Waals surface area contributed by atoms with Gasteiger partial charge in [0.05, 0.1) is 30.7 Å². The number of nitrogens with zero attached hydrogens (tertiary/aromatic N) is 3. The van der Waals surface area contributed by atoms with Gasteiger partial charge >= 0.3 is 0 Å². The zero-order valence-corrected chi connectivity index (χ0v) is 11.2. The van der Waals surface area contributed by atoms with Crippen LogP contribution in [0.15, 0.2) is 36.7 Å². The van der Waals surface area contributed by atoms with Crippen LogP contribution in [0.3, 0.4) is 0 Å². The molecule has 0 aliphatic rings. The molecular weight excluding hydrogens is 238 g/mol. The molecule has 0 bridgehead atoms. The molecule has 2 aromatic heterocycles. The Balaban J connectivity index is 2.27. The van der Waals surface area contributed by atoms with E-state index in [0.717, 1.165) is 22.5 Å². The van der Waals surface area contributed by atoms with Crippen molar-refractivity contribution in [2.45, 2.75) is 13.8 Å². The first-order valence-electron chi connectivity index (χ1n) is 6.15. The molecule has 0 aliphatic heterocycles. The maximum atomic E-state index is 5.23. The maximum Gasteiger partial charge on any atom is 0.139 e. The third kappa shape index (κ3) is 1.85. The Morgan fingerprint density at radius 1 is 1.16 bits per heavy atom. The highest BCUT2D eigenvalue weighted by molar-refractivity contribution is 5.77.